The molecule has 0 aromatic rings. The van der Waals surface area contributed by atoms with Crippen LogP contribution in [0.2, 0.25) is 0 Å². The van der Waals surface area contributed by atoms with Crippen LogP contribution in [0.4, 0.5) is 0 Å². The molecule has 2 fully saturated rings. The molecule has 0 atom stereocenters. The van der Waals surface area contributed by atoms with Crippen LogP contribution in [0.15, 0.2) is 5.34 Å². The zero-order valence-corrected chi connectivity index (χ0v) is 10.7. The van der Waals surface area contributed by atoms with Gasteiger partial charge in [-0.1, -0.05) is 38.5 Å². The van der Waals surface area contributed by atoms with Crippen LogP contribution in [0.25, 0.3) is 0 Å². The molecule has 5 N–H and O–H groups in total. The molecule has 0 unspecified atom stereocenters. The molecule has 2 rings (SSSR count). The van der Waals surface area contributed by atoms with E-state index in [0.717, 1.165) is 12.1 Å². The average molecular weight is 245 g/mol. The van der Waals surface area contributed by atoms with Crippen LogP contribution >= 0.6 is 0 Å². The molecule has 0 amide bonds. The summed E-state index contributed by atoms with van der Waals surface area (Å²) >= 11 is 0. The maximum Gasteiger partial charge on any atom is 0.152 e. The molecular weight excluding hydrogens is 218 g/mol. The second kappa shape index (κ2) is 10.5. The fourth-order valence-corrected chi connectivity index (χ4v) is 2.87. The minimum absolute atomic E-state index is 0. The van der Waals surface area contributed by atoms with Crippen molar-refractivity contribution in [1.29, 1.82) is 0 Å². The molecule has 0 spiro atoms. The van der Waals surface area contributed by atoms with Gasteiger partial charge in [-0.15, -0.1) is 4.91 Å². The molecule has 0 aromatic carbocycles. The van der Waals surface area contributed by atoms with Gasteiger partial charge in [-0.3, -0.25) is 0 Å². The second-order valence-electron chi connectivity index (χ2n) is 4.92. The molecule has 0 aromatic heterocycles. The molecule has 102 valence electrons. The summed E-state index contributed by atoms with van der Waals surface area (Å²) in [6.07, 6.45) is 14.6. The topological polar surface area (TPSA) is 96.7 Å². The Morgan fingerprint density at radius 1 is 0.824 bits per heavy atom. The number of nitrogens with one attached hydrogen (secondary N) is 1. The summed E-state index contributed by atoms with van der Waals surface area (Å²) in [6.45, 7) is 0. The van der Waals surface area contributed by atoms with Gasteiger partial charge in [0.05, 0.1) is 0 Å². The monoisotopic (exact) mass is 245 g/mol. The molecule has 17 heavy (non-hydrogen) atoms. The van der Waals surface area contributed by atoms with Crippen molar-refractivity contribution >= 4 is 0 Å². The summed E-state index contributed by atoms with van der Waals surface area (Å²) in [6, 6.07) is 1.74. The molecule has 2 aliphatic rings. The van der Waals surface area contributed by atoms with Crippen molar-refractivity contribution < 1.29 is 5.21 Å². The van der Waals surface area contributed by atoms with Crippen molar-refractivity contribution in [2.45, 2.75) is 76.3 Å². The predicted octanol–water partition coefficient (Wildman–Crippen LogP) is 3.55. The first-order valence-electron chi connectivity index (χ1n) is 6.59. The van der Waals surface area contributed by atoms with Gasteiger partial charge < -0.3 is 16.7 Å². The Balaban J connectivity index is 0.000000583. The van der Waals surface area contributed by atoms with Gasteiger partial charge in [0.15, 0.2) is 5.34 Å². The minimum Gasteiger partial charge on any atom is -0.379 e. The Bertz CT molecular complexity index is 163. The normalized spacial score (nSPS) is 21.9. The molecule has 5 heteroatoms. The molecule has 2 saturated carbocycles. The van der Waals surface area contributed by atoms with Crippen molar-refractivity contribution in [2.24, 2.45) is 5.34 Å². The quantitative estimate of drug-likeness (QED) is 0.512. The third-order valence-corrected chi connectivity index (χ3v) is 3.68. The summed E-state index contributed by atoms with van der Waals surface area (Å²) in [4.78, 5) is 8.11. The van der Waals surface area contributed by atoms with Crippen LogP contribution < -0.4 is 11.5 Å². The van der Waals surface area contributed by atoms with Crippen molar-refractivity contribution in [2.75, 3.05) is 0 Å². The number of hydrogen-bond donors (Lipinski definition) is 3. The van der Waals surface area contributed by atoms with Crippen LogP contribution in [0, 0.1) is 4.91 Å². The van der Waals surface area contributed by atoms with Crippen molar-refractivity contribution in [3.63, 3.8) is 0 Å². The third kappa shape index (κ3) is 7.28. The van der Waals surface area contributed by atoms with Crippen molar-refractivity contribution in [3.05, 3.63) is 4.91 Å². The average Bonchev–Trinajstić information content (AvgIpc) is 2.33. The van der Waals surface area contributed by atoms with E-state index in [4.69, 9.17) is 10.1 Å². The molecule has 0 bridgehead atoms. The van der Waals surface area contributed by atoms with E-state index in [9.17, 15) is 0 Å². The molecule has 5 nitrogen and oxygen atoms in total. The van der Waals surface area contributed by atoms with Crippen LogP contribution in [-0.2, 0) is 0 Å². The Morgan fingerprint density at radius 3 is 1.41 bits per heavy atom. The summed E-state index contributed by atoms with van der Waals surface area (Å²) in [5.74, 6) is 0. The molecule has 2 aliphatic carbocycles. The summed E-state index contributed by atoms with van der Waals surface area (Å²) in [7, 11) is 0. The SMILES string of the molecule is C1CCC(NC2CCCCC2)CC1.N.O=NO. The Kier molecular flexibility index (Phi) is 10.1. The van der Waals surface area contributed by atoms with Gasteiger partial charge in [0, 0.05) is 12.1 Å². The zero-order chi connectivity index (χ0) is 11.6. The largest absolute Gasteiger partial charge is 0.379 e. The Labute approximate surface area is 104 Å². The smallest absolute Gasteiger partial charge is 0.152 e. The van der Waals surface area contributed by atoms with Gasteiger partial charge in [-0.2, -0.15) is 0 Å². The van der Waals surface area contributed by atoms with E-state index in [-0.39, 0.29) is 6.15 Å². The number of nitrogens with zero attached hydrogens (tertiary/aromatic N) is 1. The van der Waals surface area contributed by atoms with Crippen LogP contribution in [0.3, 0.4) is 0 Å². The van der Waals surface area contributed by atoms with E-state index < -0.39 is 0 Å². The lowest BCUT2D eigenvalue weighted by atomic mass is 9.91. The summed E-state index contributed by atoms with van der Waals surface area (Å²) in [5.41, 5.74) is 0. The van der Waals surface area contributed by atoms with Gasteiger partial charge in [0.1, 0.15) is 0 Å². The third-order valence-electron chi connectivity index (χ3n) is 3.68. The fourth-order valence-electron chi connectivity index (χ4n) is 2.87. The lowest BCUT2D eigenvalue weighted by Crippen LogP contribution is -2.40. The van der Waals surface area contributed by atoms with E-state index in [1.54, 1.807) is 0 Å². The summed E-state index contributed by atoms with van der Waals surface area (Å²) in [5, 5.41) is 11.7. The van der Waals surface area contributed by atoms with Gasteiger partial charge >= 0.3 is 0 Å². The van der Waals surface area contributed by atoms with E-state index in [1.807, 2.05) is 0 Å². The van der Waals surface area contributed by atoms with Crippen molar-refractivity contribution in [3.8, 4) is 0 Å². The van der Waals surface area contributed by atoms with Gasteiger partial charge in [-0.05, 0) is 25.7 Å². The maximum atomic E-state index is 8.11. The highest BCUT2D eigenvalue weighted by Gasteiger charge is 2.19. The first-order valence-corrected chi connectivity index (χ1v) is 6.59. The van der Waals surface area contributed by atoms with Crippen LogP contribution in [-0.4, -0.2) is 17.3 Å². The lowest BCUT2D eigenvalue weighted by Gasteiger charge is -2.30. The highest BCUT2D eigenvalue weighted by molar-refractivity contribution is 4.79. The van der Waals surface area contributed by atoms with E-state index >= 15 is 0 Å². The van der Waals surface area contributed by atoms with Crippen molar-refractivity contribution in [1.82, 2.24) is 11.5 Å². The minimum atomic E-state index is 0. The van der Waals surface area contributed by atoms with Gasteiger partial charge in [0.25, 0.3) is 0 Å². The number of hydrogen-bond acceptors (Lipinski definition) is 4. The highest BCUT2D eigenvalue weighted by atomic mass is 16.6. The fraction of sp³-hybridized carbons (Fsp3) is 1.00. The van der Waals surface area contributed by atoms with Crippen LogP contribution in [0.1, 0.15) is 64.2 Å². The summed E-state index contributed by atoms with van der Waals surface area (Å²) < 4.78 is 0. The Morgan fingerprint density at radius 2 is 1.12 bits per heavy atom. The molecular formula is C12H27N3O2. The Hall–Kier alpha value is -0.680. The molecule has 0 radical (unpaired) electrons. The maximum absolute atomic E-state index is 8.11. The highest BCUT2D eigenvalue weighted by Crippen LogP contribution is 2.22. The molecule has 0 saturated heterocycles. The van der Waals surface area contributed by atoms with Crippen LogP contribution in [0.5, 0.6) is 0 Å². The standard InChI is InChI=1S/C12H23N.HNO2.H3N/c1-3-7-11(8-4-1)13-12-9-5-2-6-10-12;2-1-3;/h11-13H,1-10H2;(H,2,3);1H3. The van der Waals surface area contributed by atoms with Gasteiger partial charge in [-0.25, -0.2) is 0 Å². The number of rotatable bonds is 2. The first-order chi connectivity index (χ1) is 7.86. The van der Waals surface area contributed by atoms with E-state index in [2.05, 4.69) is 5.32 Å². The first kappa shape index (κ1) is 16.3. The predicted molar refractivity (Wildman–Crippen MR) is 69.5 cm³/mol. The van der Waals surface area contributed by atoms with E-state index in [1.165, 1.54) is 69.5 Å². The van der Waals surface area contributed by atoms with E-state index in [0.29, 0.717) is 0 Å². The second-order valence-corrected chi connectivity index (χ2v) is 4.92. The van der Waals surface area contributed by atoms with Gasteiger partial charge in [0.2, 0.25) is 0 Å². The lowest BCUT2D eigenvalue weighted by molar-refractivity contribution is 0.291. The zero-order valence-electron chi connectivity index (χ0n) is 10.7. The molecule has 0 heterocycles. The molecule has 0 aliphatic heterocycles.